The van der Waals surface area contributed by atoms with Crippen LogP contribution in [0.3, 0.4) is 0 Å². The van der Waals surface area contributed by atoms with Gasteiger partial charge in [-0.05, 0) is 37.5 Å². The van der Waals surface area contributed by atoms with Crippen molar-refractivity contribution in [3.8, 4) is 0 Å². The number of carbonyl (C=O) groups excluding carboxylic acids is 2. The van der Waals surface area contributed by atoms with Gasteiger partial charge >= 0.3 is 0 Å². The van der Waals surface area contributed by atoms with Crippen LogP contribution in [0, 0.1) is 20.8 Å². The molecule has 1 aliphatic carbocycles. The van der Waals surface area contributed by atoms with Crippen molar-refractivity contribution in [3.63, 3.8) is 0 Å². The summed E-state index contributed by atoms with van der Waals surface area (Å²) < 4.78 is 0. The molecule has 2 aromatic carbocycles. The van der Waals surface area contributed by atoms with Gasteiger partial charge in [0.05, 0.1) is 0 Å². The van der Waals surface area contributed by atoms with E-state index in [1.165, 1.54) is 0 Å². The molecule has 3 nitrogen and oxygen atoms in total. The number of aliphatic hydroxyl groups is 1. The Hall–Kier alpha value is -2.26. The third-order valence-corrected chi connectivity index (χ3v) is 4.52. The van der Waals surface area contributed by atoms with E-state index in [1.54, 1.807) is 30.3 Å². The first-order valence-electron chi connectivity index (χ1n) is 6.87. The summed E-state index contributed by atoms with van der Waals surface area (Å²) in [5.41, 5.74) is 1.72. The lowest BCUT2D eigenvalue weighted by molar-refractivity contribution is 0.0319. The van der Waals surface area contributed by atoms with Gasteiger partial charge in [0.2, 0.25) is 17.2 Å². The Morgan fingerprint density at radius 3 is 1.86 bits per heavy atom. The fourth-order valence-corrected chi connectivity index (χ4v) is 2.96. The summed E-state index contributed by atoms with van der Waals surface area (Å²) in [5.74, 6) is -1.07. The van der Waals surface area contributed by atoms with E-state index in [0.717, 1.165) is 16.7 Å². The van der Waals surface area contributed by atoms with Gasteiger partial charge in [0, 0.05) is 16.7 Å². The van der Waals surface area contributed by atoms with E-state index >= 15 is 0 Å². The summed E-state index contributed by atoms with van der Waals surface area (Å²) in [6, 6.07) is 10.1. The zero-order chi connectivity index (χ0) is 15.4. The van der Waals surface area contributed by atoms with Crippen LogP contribution in [-0.4, -0.2) is 16.7 Å². The van der Waals surface area contributed by atoms with Gasteiger partial charge in [0.25, 0.3) is 0 Å². The summed E-state index contributed by atoms with van der Waals surface area (Å²) in [6.07, 6.45) is 0. The van der Waals surface area contributed by atoms with Crippen LogP contribution in [0.2, 0.25) is 0 Å². The number of hydrogen-bond donors (Lipinski definition) is 1. The number of aryl methyl sites for hydroxylation is 1. The minimum atomic E-state index is -2.09. The predicted octanol–water partition coefficient (Wildman–Crippen LogP) is 2.88. The maximum absolute atomic E-state index is 12.6. The molecule has 0 radical (unpaired) electrons. The topological polar surface area (TPSA) is 54.4 Å². The van der Waals surface area contributed by atoms with Gasteiger partial charge in [-0.15, -0.1) is 0 Å². The Balaban J connectivity index is 2.27. The van der Waals surface area contributed by atoms with E-state index in [2.05, 4.69) is 0 Å². The second-order valence-corrected chi connectivity index (χ2v) is 5.59. The number of benzene rings is 2. The largest absolute Gasteiger partial charge is 0.370 e. The van der Waals surface area contributed by atoms with Crippen molar-refractivity contribution in [3.05, 3.63) is 69.8 Å². The fraction of sp³-hybridized carbons (Fsp3) is 0.222. The van der Waals surface area contributed by atoms with Gasteiger partial charge in [-0.25, -0.2) is 0 Å². The lowest BCUT2D eigenvalue weighted by Gasteiger charge is -2.23. The average Bonchev–Trinajstić information content (AvgIpc) is 2.68. The van der Waals surface area contributed by atoms with E-state index in [9.17, 15) is 14.7 Å². The molecule has 0 amide bonds. The minimum Gasteiger partial charge on any atom is -0.370 e. The number of Topliss-reactive ketones (excluding diaryl/α,β-unsaturated/α-hetero) is 2. The molecule has 0 saturated heterocycles. The van der Waals surface area contributed by atoms with Crippen LogP contribution >= 0.6 is 0 Å². The van der Waals surface area contributed by atoms with Crippen molar-refractivity contribution in [2.75, 3.05) is 0 Å². The number of fused-ring (bicyclic) bond motifs is 1. The molecule has 0 spiro atoms. The Morgan fingerprint density at radius 2 is 1.33 bits per heavy atom. The normalized spacial score (nSPS) is 16.2. The van der Waals surface area contributed by atoms with Crippen molar-refractivity contribution in [1.29, 1.82) is 0 Å². The average molecular weight is 280 g/mol. The van der Waals surface area contributed by atoms with Crippen LogP contribution < -0.4 is 0 Å². The molecular weight excluding hydrogens is 264 g/mol. The van der Waals surface area contributed by atoms with Gasteiger partial charge < -0.3 is 5.11 Å². The summed E-state index contributed by atoms with van der Waals surface area (Å²) in [6.45, 7) is 5.72. The molecular formula is C18H16O3. The molecule has 1 aliphatic rings. The molecule has 1 N–H and O–H groups in total. The zero-order valence-electron chi connectivity index (χ0n) is 12.2. The maximum Gasteiger partial charge on any atom is 0.216 e. The molecule has 3 heteroatoms. The first-order chi connectivity index (χ1) is 9.89. The number of hydrogen-bond acceptors (Lipinski definition) is 3. The van der Waals surface area contributed by atoms with Crippen LogP contribution in [0.4, 0.5) is 0 Å². The van der Waals surface area contributed by atoms with Gasteiger partial charge in [-0.2, -0.15) is 0 Å². The highest BCUT2D eigenvalue weighted by Gasteiger charge is 2.53. The molecule has 0 fully saturated rings. The smallest absolute Gasteiger partial charge is 0.216 e. The highest BCUT2D eigenvalue weighted by molar-refractivity contribution is 6.32. The summed E-state index contributed by atoms with van der Waals surface area (Å²) >= 11 is 0. The summed E-state index contributed by atoms with van der Waals surface area (Å²) in [7, 11) is 0. The third-order valence-electron chi connectivity index (χ3n) is 4.52. The van der Waals surface area contributed by atoms with Crippen molar-refractivity contribution < 1.29 is 14.7 Å². The second kappa shape index (κ2) is 4.37. The lowest BCUT2D eigenvalue weighted by Crippen LogP contribution is -2.39. The van der Waals surface area contributed by atoms with E-state index in [1.807, 2.05) is 26.8 Å². The van der Waals surface area contributed by atoms with Gasteiger partial charge in [-0.3, -0.25) is 9.59 Å². The van der Waals surface area contributed by atoms with Gasteiger partial charge in [0.15, 0.2) is 0 Å². The molecule has 0 heterocycles. The van der Waals surface area contributed by atoms with Crippen LogP contribution in [0.15, 0.2) is 36.4 Å². The summed E-state index contributed by atoms with van der Waals surface area (Å²) in [4.78, 5) is 25.2. The highest BCUT2D eigenvalue weighted by atomic mass is 16.3. The fourth-order valence-electron chi connectivity index (χ4n) is 2.96. The molecule has 2 aromatic rings. The third kappa shape index (κ3) is 1.64. The van der Waals surface area contributed by atoms with Crippen LogP contribution in [-0.2, 0) is 5.60 Å². The molecule has 0 saturated carbocycles. The van der Waals surface area contributed by atoms with Crippen molar-refractivity contribution in [2.24, 2.45) is 0 Å². The molecule has 21 heavy (non-hydrogen) atoms. The van der Waals surface area contributed by atoms with Crippen LogP contribution in [0.1, 0.15) is 43.0 Å². The van der Waals surface area contributed by atoms with E-state index in [0.29, 0.717) is 16.7 Å². The monoisotopic (exact) mass is 280 g/mol. The first kappa shape index (κ1) is 13.7. The van der Waals surface area contributed by atoms with Gasteiger partial charge in [-0.1, -0.05) is 36.4 Å². The molecule has 0 unspecified atom stereocenters. The van der Waals surface area contributed by atoms with Gasteiger partial charge in [0.1, 0.15) is 0 Å². The molecule has 0 aliphatic heterocycles. The van der Waals surface area contributed by atoms with Crippen molar-refractivity contribution in [2.45, 2.75) is 26.4 Å². The molecule has 106 valence electrons. The minimum absolute atomic E-state index is 0.294. The second-order valence-electron chi connectivity index (χ2n) is 5.59. The van der Waals surface area contributed by atoms with Crippen molar-refractivity contribution >= 4 is 11.6 Å². The summed E-state index contributed by atoms with van der Waals surface area (Å²) in [5, 5.41) is 10.9. The highest BCUT2D eigenvalue weighted by Crippen LogP contribution is 2.39. The van der Waals surface area contributed by atoms with Crippen LogP contribution in [0.5, 0.6) is 0 Å². The number of rotatable bonds is 1. The quantitative estimate of drug-likeness (QED) is 0.817. The Kier molecular flexibility index (Phi) is 2.85. The Labute approximate surface area is 123 Å². The molecule has 0 atom stereocenters. The standard InChI is InChI=1S/C18H16O3/c1-10-8-9-15(12(3)11(10)2)18(21)16(19)13-6-4-5-7-14(13)17(18)20/h4-9,21H,1-3H3. The van der Waals surface area contributed by atoms with E-state index in [-0.39, 0.29) is 0 Å². The first-order valence-corrected chi connectivity index (χ1v) is 6.87. The SMILES string of the molecule is Cc1ccc(C2(O)C(=O)c3ccccc3C2=O)c(C)c1C. The Morgan fingerprint density at radius 1 is 0.810 bits per heavy atom. The molecule has 0 aromatic heterocycles. The maximum atomic E-state index is 12.6. The lowest BCUT2D eigenvalue weighted by atomic mass is 9.83. The zero-order valence-corrected chi connectivity index (χ0v) is 12.2. The molecule has 3 rings (SSSR count). The number of ketones is 2. The van der Waals surface area contributed by atoms with E-state index in [4.69, 9.17) is 0 Å². The van der Waals surface area contributed by atoms with E-state index < -0.39 is 17.2 Å². The predicted molar refractivity (Wildman–Crippen MR) is 79.7 cm³/mol. The Bertz CT molecular complexity index is 752. The van der Waals surface area contributed by atoms with Crippen molar-refractivity contribution in [1.82, 2.24) is 0 Å². The van der Waals surface area contributed by atoms with Crippen LogP contribution in [0.25, 0.3) is 0 Å². The molecule has 0 bridgehead atoms. The number of carbonyl (C=O) groups is 2.